The number of aryl methyl sites for hydroxylation is 1. The first-order valence-electron chi connectivity index (χ1n) is 13.0. The maximum absolute atomic E-state index is 14.2. The monoisotopic (exact) mass is 575 g/mol. The topological polar surface area (TPSA) is 106 Å². The van der Waals surface area contributed by atoms with Gasteiger partial charge in [-0.05, 0) is 48.3 Å². The van der Waals surface area contributed by atoms with E-state index in [2.05, 4.69) is 30.1 Å². The summed E-state index contributed by atoms with van der Waals surface area (Å²) in [4.78, 5) is 20.1. The van der Waals surface area contributed by atoms with Crippen LogP contribution in [0.1, 0.15) is 22.7 Å². The van der Waals surface area contributed by atoms with E-state index in [0.29, 0.717) is 42.4 Å². The van der Waals surface area contributed by atoms with Crippen LogP contribution >= 0.6 is 11.5 Å². The molecule has 13 heteroatoms. The summed E-state index contributed by atoms with van der Waals surface area (Å²) in [7, 11) is 1.88. The van der Waals surface area contributed by atoms with Crippen LogP contribution in [-0.2, 0) is 13.6 Å². The van der Waals surface area contributed by atoms with Crippen LogP contribution in [0.4, 0.5) is 19.4 Å². The Hall–Kier alpha value is -4.49. The van der Waals surface area contributed by atoms with Gasteiger partial charge in [0, 0.05) is 49.7 Å². The van der Waals surface area contributed by atoms with E-state index in [4.69, 9.17) is 5.10 Å². The van der Waals surface area contributed by atoms with Gasteiger partial charge in [0.1, 0.15) is 17.2 Å². The van der Waals surface area contributed by atoms with Gasteiger partial charge in [-0.1, -0.05) is 28.8 Å². The number of hydrogen-bond acceptors (Lipinski definition) is 7. The Kier molecular flexibility index (Phi) is 7.28. The van der Waals surface area contributed by atoms with Gasteiger partial charge < -0.3 is 9.88 Å². The summed E-state index contributed by atoms with van der Waals surface area (Å²) in [6.45, 7) is 3.43. The Labute approximate surface area is 238 Å². The van der Waals surface area contributed by atoms with Crippen LogP contribution < -0.4 is 10.6 Å². The van der Waals surface area contributed by atoms with Crippen molar-refractivity contribution in [2.24, 2.45) is 7.05 Å². The first kappa shape index (κ1) is 26.7. The molecule has 1 aliphatic heterocycles. The molecule has 210 valence electrons. The molecule has 41 heavy (non-hydrogen) atoms. The minimum absolute atomic E-state index is 0.272. The molecule has 0 radical (unpaired) electrons. The SMILES string of the molecule is Cc1c(-c2cn(C)cn2)nn(-c2ccccc2)c1NC(=O)N[C@@H]1CN(Cc2csnn2)CC1c1ccc(F)c(F)c1. The molecule has 4 heterocycles. The molecule has 1 unspecified atom stereocenters. The van der Waals surface area contributed by atoms with Gasteiger partial charge in [0.15, 0.2) is 11.6 Å². The molecule has 0 spiro atoms. The smallest absolute Gasteiger partial charge is 0.320 e. The average molecular weight is 576 g/mol. The van der Waals surface area contributed by atoms with Crippen LogP contribution in [0.3, 0.4) is 0 Å². The number of para-hydroxylation sites is 1. The highest BCUT2D eigenvalue weighted by atomic mass is 32.1. The number of likely N-dealkylation sites (tertiary alicyclic amines) is 1. The lowest BCUT2D eigenvalue weighted by Crippen LogP contribution is -2.42. The number of benzene rings is 2. The number of carbonyl (C=O) groups is 1. The van der Waals surface area contributed by atoms with Gasteiger partial charge in [-0.3, -0.25) is 10.2 Å². The molecule has 1 saturated heterocycles. The summed E-state index contributed by atoms with van der Waals surface area (Å²) in [5, 5.41) is 16.8. The molecule has 3 aromatic heterocycles. The second-order valence-corrected chi connectivity index (χ2v) is 10.7. The van der Waals surface area contributed by atoms with E-state index in [0.717, 1.165) is 23.0 Å². The van der Waals surface area contributed by atoms with Gasteiger partial charge in [0.2, 0.25) is 0 Å². The molecule has 2 aromatic carbocycles. The zero-order valence-corrected chi connectivity index (χ0v) is 23.1. The lowest BCUT2D eigenvalue weighted by atomic mass is 9.94. The molecule has 0 bridgehead atoms. The van der Waals surface area contributed by atoms with Gasteiger partial charge in [0.05, 0.1) is 23.8 Å². The number of imidazole rings is 1. The number of rotatable bonds is 7. The normalized spacial score (nSPS) is 17.2. The zero-order chi connectivity index (χ0) is 28.5. The third-order valence-electron chi connectivity index (χ3n) is 7.18. The van der Waals surface area contributed by atoms with Crippen molar-refractivity contribution in [3.05, 3.63) is 94.9 Å². The number of anilines is 1. The molecule has 2 atom stereocenters. The Morgan fingerprint density at radius 3 is 2.66 bits per heavy atom. The number of amides is 2. The Morgan fingerprint density at radius 2 is 1.95 bits per heavy atom. The number of nitrogens with one attached hydrogen (secondary N) is 2. The number of hydrogen-bond donors (Lipinski definition) is 2. The maximum atomic E-state index is 14.2. The molecular formula is C28H27F2N9OS. The van der Waals surface area contributed by atoms with E-state index in [-0.39, 0.29) is 12.0 Å². The van der Waals surface area contributed by atoms with Crippen molar-refractivity contribution in [3.8, 4) is 17.1 Å². The fourth-order valence-corrected chi connectivity index (χ4v) is 5.66. The summed E-state index contributed by atoms with van der Waals surface area (Å²) in [5.41, 5.74) is 4.28. The van der Waals surface area contributed by atoms with Crippen LogP contribution in [0.5, 0.6) is 0 Å². The summed E-state index contributed by atoms with van der Waals surface area (Å²) >= 11 is 1.27. The predicted molar refractivity (Wildman–Crippen MR) is 151 cm³/mol. The molecule has 6 rings (SSSR count). The molecule has 1 fully saturated rings. The highest BCUT2D eigenvalue weighted by Crippen LogP contribution is 2.32. The quantitative estimate of drug-likeness (QED) is 0.296. The van der Waals surface area contributed by atoms with Gasteiger partial charge in [-0.25, -0.2) is 23.2 Å². The molecule has 0 aliphatic carbocycles. The van der Waals surface area contributed by atoms with Crippen LogP contribution in [0, 0.1) is 18.6 Å². The molecule has 10 nitrogen and oxygen atoms in total. The van der Waals surface area contributed by atoms with Crippen molar-refractivity contribution in [2.45, 2.75) is 25.4 Å². The second-order valence-electron chi connectivity index (χ2n) is 10.1. The summed E-state index contributed by atoms with van der Waals surface area (Å²) < 4.78 is 35.3. The summed E-state index contributed by atoms with van der Waals surface area (Å²) in [5.74, 6) is -1.60. The Bertz CT molecular complexity index is 1670. The summed E-state index contributed by atoms with van der Waals surface area (Å²) in [6, 6.07) is 12.6. The number of carbonyl (C=O) groups excluding carboxylic acids is 1. The molecule has 5 aromatic rings. The lowest BCUT2D eigenvalue weighted by Gasteiger charge is -2.21. The van der Waals surface area contributed by atoms with E-state index < -0.39 is 17.7 Å². The van der Waals surface area contributed by atoms with Gasteiger partial charge in [-0.15, -0.1) is 5.10 Å². The fraction of sp³-hybridized carbons (Fsp3) is 0.250. The third kappa shape index (κ3) is 5.58. The van der Waals surface area contributed by atoms with Gasteiger partial charge in [0.25, 0.3) is 0 Å². The minimum atomic E-state index is -0.919. The minimum Gasteiger partial charge on any atom is -0.340 e. The van der Waals surface area contributed by atoms with E-state index in [9.17, 15) is 13.6 Å². The van der Waals surface area contributed by atoms with E-state index >= 15 is 0 Å². The van der Waals surface area contributed by atoms with E-state index in [1.807, 2.05) is 60.4 Å². The van der Waals surface area contributed by atoms with Crippen LogP contribution in [0.15, 0.2) is 66.4 Å². The average Bonchev–Trinajstić information content (AvgIpc) is 3.76. The largest absolute Gasteiger partial charge is 0.340 e. The first-order valence-corrected chi connectivity index (χ1v) is 13.8. The first-order chi connectivity index (χ1) is 19.9. The lowest BCUT2D eigenvalue weighted by molar-refractivity contribution is 0.246. The number of aromatic nitrogens is 6. The maximum Gasteiger partial charge on any atom is 0.320 e. The van der Waals surface area contributed by atoms with Crippen LogP contribution in [0.25, 0.3) is 17.1 Å². The molecule has 0 saturated carbocycles. The highest BCUT2D eigenvalue weighted by molar-refractivity contribution is 7.03. The van der Waals surface area contributed by atoms with Crippen LogP contribution in [-0.4, -0.2) is 59.0 Å². The van der Waals surface area contributed by atoms with Gasteiger partial charge >= 0.3 is 6.03 Å². The number of urea groups is 1. The number of halogens is 2. The van der Waals surface area contributed by atoms with Crippen molar-refractivity contribution in [1.82, 2.24) is 39.1 Å². The zero-order valence-electron chi connectivity index (χ0n) is 22.3. The van der Waals surface area contributed by atoms with Crippen molar-refractivity contribution in [1.29, 1.82) is 0 Å². The fourth-order valence-electron chi connectivity index (χ4n) is 5.21. The van der Waals surface area contributed by atoms with E-state index in [1.54, 1.807) is 17.1 Å². The predicted octanol–water partition coefficient (Wildman–Crippen LogP) is 4.50. The molecular weight excluding hydrogens is 548 g/mol. The van der Waals surface area contributed by atoms with Gasteiger partial charge in [-0.2, -0.15) is 5.10 Å². The molecule has 2 amide bonds. The highest BCUT2D eigenvalue weighted by Gasteiger charge is 2.36. The molecule has 1 aliphatic rings. The Balaban J connectivity index is 1.28. The van der Waals surface area contributed by atoms with Crippen molar-refractivity contribution in [2.75, 3.05) is 18.4 Å². The van der Waals surface area contributed by atoms with E-state index in [1.165, 1.54) is 17.6 Å². The van der Waals surface area contributed by atoms with Crippen molar-refractivity contribution >= 4 is 23.4 Å². The standard InChI is InChI=1S/C28H27F2N9OS/c1-17-26(25-13-37(2)16-31-25)35-39(20-6-4-3-5-7-20)27(17)33-28(40)32-24-14-38(11-19-15-41-36-34-19)12-21(24)18-8-9-22(29)23(30)10-18/h3-10,13,15-16,21,24H,11-12,14H2,1-2H3,(H2,32,33,40)/t21?,24-/m1/s1. The summed E-state index contributed by atoms with van der Waals surface area (Å²) in [6.07, 6.45) is 3.56. The van der Waals surface area contributed by atoms with Crippen molar-refractivity contribution in [3.63, 3.8) is 0 Å². The third-order valence-corrected chi connectivity index (χ3v) is 7.73. The molecule has 2 N–H and O–H groups in total. The number of nitrogens with zero attached hydrogens (tertiary/aromatic N) is 7. The Morgan fingerprint density at radius 1 is 1.12 bits per heavy atom. The van der Waals surface area contributed by atoms with Crippen LogP contribution in [0.2, 0.25) is 0 Å². The second kappa shape index (κ2) is 11.2. The van der Waals surface area contributed by atoms with Crippen molar-refractivity contribution < 1.29 is 13.6 Å².